The van der Waals surface area contributed by atoms with Crippen molar-refractivity contribution in [3.8, 4) is 0 Å². The standard InChI is InChI=1S/C11H21Cl/c1-4-9-6-10(12)8-11(3,5-2)7-9/h9-10H,4-8H2,1-3H3. The summed E-state index contributed by atoms with van der Waals surface area (Å²) >= 11 is 6.25. The van der Waals surface area contributed by atoms with Crippen molar-refractivity contribution in [1.29, 1.82) is 0 Å². The van der Waals surface area contributed by atoms with Crippen LogP contribution in [-0.2, 0) is 0 Å². The summed E-state index contributed by atoms with van der Waals surface area (Å²) < 4.78 is 0. The maximum Gasteiger partial charge on any atom is 0.0343 e. The van der Waals surface area contributed by atoms with Gasteiger partial charge in [-0.15, -0.1) is 11.6 Å². The highest BCUT2D eigenvalue weighted by Crippen LogP contribution is 2.44. The van der Waals surface area contributed by atoms with Gasteiger partial charge >= 0.3 is 0 Å². The maximum atomic E-state index is 6.25. The van der Waals surface area contributed by atoms with Crippen molar-refractivity contribution in [3.05, 3.63) is 0 Å². The number of halogens is 1. The van der Waals surface area contributed by atoms with E-state index < -0.39 is 0 Å². The molecule has 3 unspecified atom stereocenters. The summed E-state index contributed by atoms with van der Waals surface area (Å²) in [4.78, 5) is 0. The van der Waals surface area contributed by atoms with Crippen LogP contribution in [0.2, 0.25) is 0 Å². The molecule has 1 aliphatic carbocycles. The molecular weight excluding hydrogens is 168 g/mol. The molecule has 1 fully saturated rings. The molecular formula is C11H21Cl. The monoisotopic (exact) mass is 188 g/mol. The third-order valence-electron chi connectivity index (χ3n) is 3.52. The molecule has 0 heterocycles. The molecule has 1 saturated carbocycles. The Labute approximate surface area is 81.7 Å². The van der Waals surface area contributed by atoms with Gasteiger partial charge in [0.15, 0.2) is 0 Å². The van der Waals surface area contributed by atoms with Crippen molar-refractivity contribution in [2.45, 2.75) is 58.3 Å². The fourth-order valence-corrected chi connectivity index (χ4v) is 3.07. The lowest BCUT2D eigenvalue weighted by Gasteiger charge is -2.39. The summed E-state index contributed by atoms with van der Waals surface area (Å²) in [7, 11) is 0. The van der Waals surface area contributed by atoms with Gasteiger partial charge in [-0.25, -0.2) is 0 Å². The molecule has 0 aromatic heterocycles. The molecule has 1 aliphatic rings. The van der Waals surface area contributed by atoms with Gasteiger partial charge in [-0.2, -0.15) is 0 Å². The zero-order valence-corrected chi connectivity index (χ0v) is 9.32. The van der Waals surface area contributed by atoms with Gasteiger partial charge in [-0.05, 0) is 30.6 Å². The molecule has 0 radical (unpaired) electrons. The molecule has 0 amide bonds. The Kier molecular flexibility index (Phi) is 3.46. The summed E-state index contributed by atoms with van der Waals surface area (Å²) in [5.41, 5.74) is 0.533. The van der Waals surface area contributed by atoms with Crippen molar-refractivity contribution in [3.63, 3.8) is 0 Å². The highest BCUT2D eigenvalue weighted by molar-refractivity contribution is 6.20. The molecule has 0 nitrogen and oxygen atoms in total. The highest BCUT2D eigenvalue weighted by atomic mass is 35.5. The second-order valence-electron chi connectivity index (χ2n) is 4.68. The maximum absolute atomic E-state index is 6.25. The van der Waals surface area contributed by atoms with E-state index in [4.69, 9.17) is 11.6 Å². The van der Waals surface area contributed by atoms with Gasteiger partial charge in [0.25, 0.3) is 0 Å². The molecule has 0 spiro atoms. The second-order valence-corrected chi connectivity index (χ2v) is 5.30. The summed E-state index contributed by atoms with van der Waals surface area (Å²) in [6, 6.07) is 0. The summed E-state index contributed by atoms with van der Waals surface area (Å²) in [5.74, 6) is 0.881. The first-order chi connectivity index (χ1) is 5.59. The Morgan fingerprint density at radius 2 is 2.00 bits per heavy atom. The zero-order chi connectivity index (χ0) is 9.19. The van der Waals surface area contributed by atoms with E-state index in [1.54, 1.807) is 0 Å². The van der Waals surface area contributed by atoms with Gasteiger partial charge in [-0.1, -0.05) is 33.6 Å². The van der Waals surface area contributed by atoms with Gasteiger partial charge in [-0.3, -0.25) is 0 Å². The largest absolute Gasteiger partial charge is 0.123 e. The molecule has 3 atom stereocenters. The first-order valence-electron chi connectivity index (χ1n) is 5.23. The van der Waals surface area contributed by atoms with Crippen LogP contribution in [0.15, 0.2) is 0 Å². The van der Waals surface area contributed by atoms with Crippen LogP contribution in [0, 0.1) is 11.3 Å². The van der Waals surface area contributed by atoms with Gasteiger partial charge < -0.3 is 0 Å². The van der Waals surface area contributed by atoms with E-state index in [0.29, 0.717) is 10.8 Å². The minimum atomic E-state index is 0.439. The average molecular weight is 189 g/mol. The van der Waals surface area contributed by atoms with Crippen molar-refractivity contribution in [2.75, 3.05) is 0 Å². The molecule has 0 N–H and O–H groups in total. The van der Waals surface area contributed by atoms with Crippen molar-refractivity contribution in [2.24, 2.45) is 11.3 Å². The molecule has 0 aliphatic heterocycles. The van der Waals surface area contributed by atoms with Gasteiger partial charge in [0, 0.05) is 5.38 Å². The van der Waals surface area contributed by atoms with Crippen LogP contribution in [0.5, 0.6) is 0 Å². The number of rotatable bonds is 2. The molecule has 1 rings (SSSR count). The van der Waals surface area contributed by atoms with Crippen LogP contribution in [0.4, 0.5) is 0 Å². The summed E-state index contributed by atoms with van der Waals surface area (Å²) in [6.07, 6.45) is 6.45. The van der Waals surface area contributed by atoms with Crippen molar-refractivity contribution >= 4 is 11.6 Å². The van der Waals surface area contributed by atoms with E-state index >= 15 is 0 Å². The highest BCUT2D eigenvalue weighted by Gasteiger charge is 2.34. The quantitative estimate of drug-likeness (QED) is 0.570. The first-order valence-corrected chi connectivity index (χ1v) is 5.67. The lowest BCUT2D eigenvalue weighted by atomic mass is 9.68. The van der Waals surface area contributed by atoms with Crippen LogP contribution in [0.1, 0.15) is 52.9 Å². The predicted octanol–water partition coefficient (Wildman–Crippen LogP) is 4.22. The Bertz CT molecular complexity index is 144. The van der Waals surface area contributed by atoms with Gasteiger partial charge in [0.05, 0.1) is 0 Å². The number of alkyl halides is 1. The topological polar surface area (TPSA) is 0 Å². The van der Waals surface area contributed by atoms with E-state index in [0.717, 1.165) is 5.92 Å². The van der Waals surface area contributed by atoms with Crippen LogP contribution >= 0.6 is 11.6 Å². The van der Waals surface area contributed by atoms with Gasteiger partial charge in [0.1, 0.15) is 0 Å². The van der Waals surface area contributed by atoms with E-state index in [-0.39, 0.29) is 0 Å². The van der Waals surface area contributed by atoms with Crippen LogP contribution < -0.4 is 0 Å². The van der Waals surface area contributed by atoms with Crippen LogP contribution in [0.25, 0.3) is 0 Å². The molecule has 72 valence electrons. The normalized spacial score (nSPS) is 43.0. The molecule has 0 aromatic carbocycles. The summed E-state index contributed by atoms with van der Waals surface area (Å²) in [5, 5.41) is 0.439. The SMILES string of the molecule is CCC1CC(Cl)CC(C)(CC)C1. The van der Waals surface area contributed by atoms with Crippen LogP contribution in [-0.4, -0.2) is 5.38 Å². The third kappa shape index (κ3) is 2.39. The molecule has 0 saturated heterocycles. The Morgan fingerprint density at radius 3 is 2.50 bits per heavy atom. The van der Waals surface area contributed by atoms with Gasteiger partial charge in [0.2, 0.25) is 0 Å². The zero-order valence-electron chi connectivity index (χ0n) is 8.57. The van der Waals surface area contributed by atoms with Crippen LogP contribution in [0.3, 0.4) is 0 Å². The second kappa shape index (κ2) is 4.00. The molecule has 0 bridgehead atoms. The average Bonchev–Trinajstić information content (AvgIpc) is 2.03. The minimum Gasteiger partial charge on any atom is -0.123 e. The smallest absolute Gasteiger partial charge is 0.0343 e. The first kappa shape index (κ1) is 10.4. The lowest BCUT2D eigenvalue weighted by molar-refractivity contribution is 0.153. The van der Waals surface area contributed by atoms with E-state index in [2.05, 4.69) is 20.8 Å². The lowest BCUT2D eigenvalue weighted by Crippen LogP contribution is -2.30. The van der Waals surface area contributed by atoms with Crippen molar-refractivity contribution in [1.82, 2.24) is 0 Å². The Morgan fingerprint density at radius 1 is 1.33 bits per heavy atom. The fraction of sp³-hybridized carbons (Fsp3) is 1.00. The molecule has 0 aromatic rings. The van der Waals surface area contributed by atoms with E-state index in [1.165, 1.54) is 32.1 Å². The third-order valence-corrected chi connectivity index (χ3v) is 3.85. The minimum absolute atomic E-state index is 0.439. The van der Waals surface area contributed by atoms with E-state index in [1.807, 2.05) is 0 Å². The van der Waals surface area contributed by atoms with Crippen molar-refractivity contribution < 1.29 is 0 Å². The fourth-order valence-electron chi connectivity index (χ4n) is 2.44. The molecule has 12 heavy (non-hydrogen) atoms. The molecule has 1 heteroatoms. The predicted molar refractivity (Wildman–Crippen MR) is 55.7 cm³/mol. The van der Waals surface area contributed by atoms with E-state index in [9.17, 15) is 0 Å². The number of hydrogen-bond donors (Lipinski definition) is 0. The Balaban J connectivity index is 2.56. The Hall–Kier alpha value is 0.290. The number of hydrogen-bond acceptors (Lipinski definition) is 0. The summed E-state index contributed by atoms with van der Waals surface area (Å²) in [6.45, 7) is 6.97.